The van der Waals surface area contributed by atoms with Gasteiger partial charge < -0.3 is 15.2 Å². The predicted octanol–water partition coefficient (Wildman–Crippen LogP) is 6.01. The zero-order valence-corrected chi connectivity index (χ0v) is 17.7. The van der Waals surface area contributed by atoms with Crippen LogP contribution in [-0.2, 0) is 9.53 Å². The second-order valence-electron chi connectivity index (χ2n) is 7.80. The SMILES string of the molecule is C=CC(=O)NCCCCOC(C)c1c(O)ccc2ccc3cc4ccccc4cc3c12. The summed E-state index contributed by atoms with van der Waals surface area (Å²) >= 11 is 0. The van der Waals surface area contributed by atoms with Gasteiger partial charge in [0, 0.05) is 18.7 Å². The van der Waals surface area contributed by atoms with E-state index >= 15 is 0 Å². The summed E-state index contributed by atoms with van der Waals surface area (Å²) in [6.45, 7) is 6.57. The van der Waals surface area contributed by atoms with E-state index in [1.165, 1.54) is 16.8 Å². The van der Waals surface area contributed by atoms with Crippen molar-refractivity contribution >= 4 is 38.2 Å². The number of phenols is 1. The molecule has 0 aromatic heterocycles. The molecule has 0 heterocycles. The van der Waals surface area contributed by atoms with E-state index in [9.17, 15) is 9.90 Å². The summed E-state index contributed by atoms with van der Waals surface area (Å²) in [6.07, 6.45) is 2.65. The predicted molar refractivity (Wildman–Crippen MR) is 127 cm³/mol. The van der Waals surface area contributed by atoms with Crippen LogP contribution in [0.1, 0.15) is 31.4 Å². The van der Waals surface area contributed by atoms with Crippen LogP contribution in [0.4, 0.5) is 0 Å². The van der Waals surface area contributed by atoms with Gasteiger partial charge in [-0.3, -0.25) is 4.79 Å². The van der Waals surface area contributed by atoms with Crippen molar-refractivity contribution in [3.05, 3.63) is 78.9 Å². The summed E-state index contributed by atoms with van der Waals surface area (Å²) in [5.74, 6) is 0.0910. The number of nitrogens with one attached hydrogen (secondary N) is 1. The molecule has 4 nitrogen and oxygen atoms in total. The van der Waals surface area contributed by atoms with Gasteiger partial charge in [-0.25, -0.2) is 0 Å². The van der Waals surface area contributed by atoms with E-state index in [1.807, 2.05) is 25.1 Å². The summed E-state index contributed by atoms with van der Waals surface area (Å²) in [6, 6.07) is 20.6. The Bertz CT molecular complexity index is 1260. The van der Waals surface area contributed by atoms with Gasteiger partial charge >= 0.3 is 0 Å². The van der Waals surface area contributed by atoms with Crippen LogP contribution in [0.15, 0.2) is 73.3 Å². The van der Waals surface area contributed by atoms with E-state index in [0.29, 0.717) is 13.2 Å². The zero-order chi connectivity index (χ0) is 21.8. The number of fused-ring (bicyclic) bond motifs is 4. The van der Waals surface area contributed by atoms with Crippen LogP contribution in [0.5, 0.6) is 5.75 Å². The lowest BCUT2D eigenvalue weighted by molar-refractivity contribution is -0.116. The number of rotatable bonds is 8. The Hall–Kier alpha value is -3.37. The average molecular weight is 414 g/mol. The first kappa shape index (κ1) is 20.9. The lowest BCUT2D eigenvalue weighted by Crippen LogP contribution is -2.22. The third-order valence-corrected chi connectivity index (χ3v) is 5.71. The molecule has 0 saturated heterocycles. The van der Waals surface area contributed by atoms with Gasteiger partial charge in [0.2, 0.25) is 5.91 Å². The van der Waals surface area contributed by atoms with Crippen LogP contribution in [0.3, 0.4) is 0 Å². The first-order valence-corrected chi connectivity index (χ1v) is 10.7. The van der Waals surface area contributed by atoms with Gasteiger partial charge in [-0.1, -0.05) is 49.0 Å². The zero-order valence-electron chi connectivity index (χ0n) is 17.7. The summed E-state index contributed by atoms with van der Waals surface area (Å²) in [4.78, 5) is 11.2. The maximum atomic E-state index is 11.2. The maximum Gasteiger partial charge on any atom is 0.243 e. The number of hydrogen-bond acceptors (Lipinski definition) is 3. The lowest BCUT2D eigenvalue weighted by atomic mass is 9.93. The van der Waals surface area contributed by atoms with Gasteiger partial charge in [0.15, 0.2) is 0 Å². The Morgan fingerprint density at radius 3 is 2.52 bits per heavy atom. The third kappa shape index (κ3) is 4.39. The topological polar surface area (TPSA) is 58.6 Å². The van der Waals surface area contributed by atoms with E-state index < -0.39 is 0 Å². The fourth-order valence-corrected chi connectivity index (χ4v) is 4.12. The number of carbonyl (C=O) groups is 1. The molecule has 0 aliphatic rings. The van der Waals surface area contributed by atoms with Crippen LogP contribution in [0, 0.1) is 0 Å². The minimum absolute atomic E-state index is 0.158. The normalized spacial score (nSPS) is 12.3. The molecule has 1 unspecified atom stereocenters. The van der Waals surface area contributed by atoms with Crippen LogP contribution >= 0.6 is 0 Å². The van der Waals surface area contributed by atoms with Gasteiger partial charge in [0.1, 0.15) is 5.75 Å². The highest BCUT2D eigenvalue weighted by molar-refractivity contribution is 6.14. The molecule has 0 fully saturated rings. The van der Waals surface area contributed by atoms with Crippen molar-refractivity contribution in [1.29, 1.82) is 0 Å². The Kier molecular flexibility index (Phi) is 6.19. The Balaban J connectivity index is 1.62. The van der Waals surface area contributed by atoms with Gasteiger partial charge in [0.05, 0.1) is 6.10 Å². The molecule has 0 saturated carbocycles. The van der Waals surface area contributed by atoms with Gasteiger partial charge in [-0.2, -0.15) is 0 Å². The van der Waals surface area contributed by atoms with Crippen molar-refractivity contribution in [1.82, 2.24) is 5.32 Å². The van der Waals surface area contributed by atoms with Gasteiger partial charge in [-0.15, -0.1) is 0 Å². The number of amides is 1. The Labute approximate surface area is 182 Å². The standard InChI is InChI=1S/C27H27NO3/c1-3-25(30)28-14-6-7-15-31-18(2)26-24(29)13-12-19-10-11-22-16-20-8-4-5-9-21(20)17-23(22)27(19)26/h3-5,8-13,16-18,29H,1,6-7,14-15H2,2H3,(H,28,30). The molecule has 1 amide bonds. The first-order chi connectivity index (χ1) is 15.1. The fraction of sp³-hybridized carbons (Fsp3) is 0.222. The Morgan fingerprint density at radius 2 is 1.74 bits per heavy atom. The van der Waals surface area contributed by atoms with Gasteiger partial charge in [-0.05, 0) is 76.4 Å². The number of phenolic OH excluding ortho intramolecular Hbond substituents is 1. The van der Waals surface area contributed by atoms with Crippen molar-refractivity contribution in [2.24, 2.45) is 0 Å². The number of ether oxygens (including phenoxy) is 1. The molecular formula is C27H27NO3. The smallest absolute Gasteiger partial charge is 0.243 e. The quantitative estimate of drug-likeness (QED) is 0.161. The van der Waals surface area contributed by atoms with Crippen LogP contribution in [0.25, 0.3) is 32.3 Å². The van der Waals surface area contributed by atoms with Crippen LogP contribution in [-0.4, -0.2) is 24.2 Å². The molecule has 1 atom stereocenters. The molecule has 0 aliphatic carbocycles. The lowest BCUT2D eigenvalue weighted by Gasteiger charge is -2.19. The monoisotopic (exact) mass is 413 g/mol. The number of hydrogen-bond donors (Lipinski definition) is 2. The number of aromatic hydroxyl groups is 1. The molecule has 0 radical (unpaired) electrons. The third-order valence-electron chi connectivity index (χ3n) is 5.71. The first-order valence-electron chi connectivity index (χ1n) is 10.7. The molecule has 0 spiro atoms. The summed E-state index contributed by atoms with van der Waals surface area (Å²) in [7, 11) is 0. The molecule has 158 valence electrons. The molecule has 4 aromatic carbocycles. The molecule has 4 rings (SSSR count). The van der Waals surface area contributed by atoms with E-state index in [4.69, 9.17) is 4.74 Å². The maximum absolute atomic E-state index is 11.2. The Morgan fingerprint density at radius 1 is 1.03 bits per heavy atom. The largest absolute Gasteiger partial charge is 0.508 e. The minimum atomic E-state index is -0.261. The second kappa shape index (κ2) is 9.19. The van der Waals surface area contributed by atoms with Crippen LogP contribution in [0.2, 0.25) is 0 Å². The van der Waals surface area contributed by atoms with Crippen molar-refractivity contribution < 1.29 is 14.6 Å². The summed E-state index contributed by atoms with van der Waals surface area (Å²) < 4.78 is 6.09. The van der Waals surface area contributed by atoms with Crippen molar-refractivity contribution in [2.45, 2.75) is 25.9 Å². The van der Waals surface area contributed by atoms with E-state index in [0.717, 1.165) is 39.9 Å². The van der Waals surface area contributed by atoms with E-state index in [-0.39, 0.29) is 17.8 Å². The molecule has 31 heavy (non-hydrogen) atoms. The molecule has 4 heteroatoms. The van der Waals surface area contributed by atoms with Crippen molar-refractivity contribution in [2.75, 3.05) is 13.2 Å². The summed E-state index contributed by atoms with van der Waals surface area (Å²) in [5, 5.41) is 20.3. The highest BCUT2D eigenvalue weighted by Gasteiger charge is 2.17. The van der Waals surface area contributed by atoms with Crippen molar-refractivity contribution in [3.63, 3.8) is 0 Å². The average Bonchev–Trinajstić information content (AvgIpc) is 2.79. The highest BCUT2D eigenvalue weighted by Crippen LogP contribution is 2.39. The number of benzene rings is 4. The minimum Gasteiger partial charge on any atom is -0.508 e. The van der Waals surface area contributed by atoms with Gasteiger partial charge in [0.25, 0.3) is 0 Å². The number of unbranched alkanes of at least 4 members (excludes halogenated alkanes) is 1. The van der Waals surface area contributed by atoms with Crippen molar-refractivity contribution in [3.8, 4) is 5.75 Å². The second-order valence-corrected chi connectivity index (χ2v) is 7.80. The molecular weight excluding hydrogens is 386 g/mol. The molecule has 2 N–H and O–H groups in total. The fourth-order valence-electron chi connectivity index (χ4n) is 4.12. The molecule has 0 bridgehead atoms. The van der Waals surface area contributed by atoms with E-state index in [2.05, 4.69) is 48.3 Å². The van der Waals surface area contributed by atoms with E-state index in [1.54, 1.807) is 6.07 Å². The summed E-state index contributed by atoms with van der Waals surface area (Å²) in [5.41, 5.74) is 0.818. The van der Waals surface area contributed by atoms with Crippen LogP contribution < -0.4 is 5.32 Å². The molecule has 4 aromatic rings. The number of carbonyl (C=O) groups excluding carboxylic acids is 1. The molecule has 0 aliphatic heterocycles. The highest BCUT2D eigenvalue weighted by atomic mass is 16.5.